The van der Waals surface area contributed by atoms with Crippen LogP contribution in [0.4, 0.5) is 8.78 Å². The topological polar surface area (TPSA) is 35.6 Å². The Morgan fingerprint density at radius 1 is 0.923 bits per heavy atom. The number of benzene rings is 2. The normalized spacial score (nSPS) is 15.8. The van der Waals surface area contributed by atoms with E-state index in [1.54, 1.807) is 6.07 Å². The van der Waals surface area contributed by atoms with Gasteiger partial charge < -0.3 is 5.32 Å². The van der Waals surface area contributed by atoms with Crippen LogP contribution in [0.1, 0.15) is 15.9 Å². The van der Waals surface area contributed by atoms with Crippen molar-refractivity contribution in [1.82, 2.24) is 15.1 Å². The van der Waals surface area contributed by atoms with Gasteiger partial charge in [0.25, 0.3) is 5.91 Å². The van der Waals surface area contributed by atoms with Gasteiger partial charge in [-0.1, -0.05) is 18.2 Å². The van der Waals surface area contributed by atoms with Gasteiger partial charge >= 0.3 is 0 Å². The molecule has 1 amide bonds. The first-order chi connectivity index (χ1) is 12.6. The largest absolute Gasteiger partial charge is 0.351 e. The SMILES string of the molecule is O=C(NCCN1CCN(Cc2ccccc2F)CC1)c1ccc(F)cc1. The fourth-order valence-corrected chi connectivity index (χ4v) is 3.07. The van der Waals surface area contributed by atoms with Crippen molar-refractivity contribution in [2.45, 2.75) is 6.54 Å². The highest BCUT2D eigenvalue weighted by atomic mass is 19.1. The molecule has 2 aromatic rings. The molecular weight excluding hydrogens is 336 g/mol. The molecule has 0 aliphatic carbocycles. The third-order valence-electron chi connectivity index (χ3n) is 4.64. The number of rotatable bonds is 6. The van der Waals surface area contributed by atoms with E-state index in [2.05, 4.69) is 15.1 Å². The van der Waals surface area contributed by atoms with Gasteiger partial charge in [0.05, 0.1) is 0 Å². The number of hydrogen-bond donors (Lipinski definition) is 1. The minimum atomic E-state index is -0.352. The van der Waals surface area contributed by atoms with Gasteiger partial charge in [0.1, 0.15) is 11.6 Å². The van der Waals surface area contributed by atoms with Gasteiger partial charge in [0, 0.05) is 56.9 Å². The highest BCUT2D eigenvalue weighted by Gasteiger charge is 2.18. The zero-order chi connectivity index (χ0) is 18.4. The zero-order valence-electron chi connectivity index (χ0n) is 14.6. The monoisotopic (exact) mass is 359 g/mol. The number of halogens is 2. The van der Waals surface area contributed by atoms with Crippen molar-refractivity contribution < 1.29 is 13.6 Å². The van der Waals surface area contributed by atoms with E-state index < -0.39 is 0 Å². The first-order valence-corrected chi connectivity index (χ1v) is 8.84. The number of nitrogens with zero attached hydrogens (tertiary/aromatic N) is 2. The quantitative estimate of drug-likeness (QED) is 0.861. The summed E-state index contributed by atoms with van der Waals surface area (Å²) in [5.41, 5.74) is 1.19. The van der Waals surface area contributed by atoms with Crippen LogP contribution in [-0.4, -0.2) is 55.0 Å². The second kappa shape index (κ2) is 8.87. The second-order valence-corrected chi connectivity index (χ2v) is 6.47. The Balaban J connectivity index is 1.37. The summed E-state index contributed by atoms with van der Waals surface area (Å²) in [7, 11) is 0. The fourth-order valence-electron chi connectivity index (χ4n) is 3.07. The maximum absolute atomic E-state index is 13.7. The molecule has 1 heterocycles. The molecule has 0 radical (unpaired) electrons. The maximum atomic E-state index is 13.7. The number of piperazine rings is 1. The Labute approximate surface area is 152 Å². The molecule has 1 aliphatic heterocycles. The van der Waals surface area contributed by atoms with Crippen LogP contribution in [0.15, 0.2) is 48.5 Å². The van der Waals surface area contributed by atoms with Crippen LogP contribution in [0.5, 0.6) is 0 Å². The number of nitrogens with one attached hydrogen (secondary N) is 1. The van der Waals surface area contributed by atoms with E-state index in [1.165, 1.54) is 30.3 Å². The molecule has 0 spiro atoms. The lowest BCUT2D eigenvalue weighted by atomic mass is 10.2. The lowest BCUT2D eigenvalue weighted by Gasteiger charge is -2.34. The van der Waals surface area contributed by atoms with Crippen LogP contribution >= 0.6 is 0 Å². The van der Waals surface area contributed by atoms with Crippen LogP contribution in [0.3, 0.4) is 0 Å². The molecule has 2 aromatic carbocycles. The standard InChI is InChI=1S/C20H23F2N3O/c21-18-7-5-16(6-8-18)20(26)23-9-10-24-11-13-25(14-12-24)15-17-3-1-2-4-19(17)22/h1-8H,9-15H2,(H,23,26). The van der Waals surface area contributed by atoms with Gasteiger partial charge in [-0.25, -0.2) is 8.78 Å². The van der Waals surface area contributed by atoms with Crippen LogP contribution in [0, 0.1) is 11.6 Å². The molecule has 138 valence electrons. The van der Waals surface area contributed by atoms with Crippen molar-refractivity contribution in [1.29, 1.82) is 0 Å². The molecule has 0 bridgehead atoms. The minimum absolute atomic E-state index is 0.154. The molecule has 0 atom stereocenters. The molecule has 4 nitrogen and oxygen atoms in total. The highest BCUT2D eigenvalue weighted by molar-refractivity contribution is 5.94. The molecule has 0 unspecified atom stereocenters. The predicted octanol–water partition coefficient (Wildman–Crippen LogP) is 2.51. The van der Waals surface area contributed by atoms with Crippen LogP contribution < -0.4 is 5.32 Å². The van der Waals surface area contributed by atoms with Crippen molar-refractivity contribution in [3.63, 3.8) is 0 Å². The van der Waals surface area contributed by atoms with E-state index in [0.717, 1.165) is 38.3 Å². The number of carbonyl (C=O) groups is 1. The molecule has 3 rings (SSSR count). The van der Waals surface area contributed by atoms with E-state index in [0.29, 0.717) is 18.7 Å². The van der Waals surface area contributed by atoms with Gasteiger partial charge in [-0.3, -0.25) is 14.6 Å². The van der Waals surface area contributed by atoms with E-state index in [1.807, 2.05) is 12.1 Å². The maximum Gasteiger partial charge on any atom is 0.251 e. The van der Waals surface area contributed by atoms with Gasteiger partial charge in [0.2, 0.25) is 0 Å². The summed E-state index contributed by atoms with van der Waals surface area (Å²) < 4.78 is 26.6. The molecule has 6 heteroatoms. The van der Waals surface area contributed by atoms with E-state index >= 15 is 0 Å². The van der Waals surface area contributed by atoms with Crippen molar-refractivity contribution >= 4 is 5.91 Å². The lowest BCUT2D eigenvalue weighted by Crippen LogP contribution is -2.48. The third kappa shape index (κ3) is 5.09. The molecule has 1 fully saturated rings. The number of hydrogen-bond acceptors (Lipinski definition) is 3. The Morgan fingerprint density at radius 3 is 2.27 bits per heavy atom. The van der Waals surface area contributed by atoms with Gasteiger partial charge in [-0.2, -0.15) is 0 Å². The van der Waals surface area contributed by atoms with E-state index in [9.17, 15) is 13.6 Å². The minimum Gasteiger partial charge on any atom is -0.351 e. The molecule has 1 N–H and O–H groups in total. The summed E-state index contributed by atoms with van der Waals surface area (Å²) in [4.78, 5) is 16.5. The third-order valence-corrected chi connectivity index (χ3v) is 4.64. The van der Waals surface area contributed by atoms with Crippen molar-refractivity contribution in [2.24, 2.45) is 0 Å². The fraction of sp³-hybridized carbons (Fsp3) is 0.350. The smallest absolute Gasteiger partial charge is 0.251 e. The number of carbonyl (C=O) groups excluding carboxylic acids is 1. The summed E-state index contributed by atoms with van der Waals surface area (Å²) in [6, 6.07) is 12.4. The van der Waals surface area contributed by atoms with E-state index in [-0.39, 0.29) is 17.5 Å². The average molecular weight is 359 g/mol. The van der Waals surface area contributed by atoms with Crippen molar-refractivity contribution in [2.75, 3.05) is 39.3 Å². The lowest BCUT2D eigenvalue weighted by molar-refractivity contribution is 0.0934. The van der Waals surface area contributed by atoms with Gasteiger partial charge in [-0.05, 0) is 30.3 Å². The summed E-state index contributed by atoms with van der Waals surface area (Å²) in [6.07, 6.45) is 0. The van der Waals surface area contributed by atoms with Crippen LogP contribution in [0.25, 0.3) is 0 Å². The predicted molar refractivity (Wildman–Crippen MR) is 96.9 cm³/mol. The summed E-state index contributed by atoms with van der Waals surface area (Å²) >= 11 is 0. The van der Waals surface area contributed by atoms with E-state index in [4.69, 9.17) is 0 Å². The molecule has 0 saturated carbocycles. The van der Waals surface area contributed by atoms with Crippen molar-refractivity contribution in [3.05, 3.63) is 71.3 Å². The van der Waals surface area contributed by atoms with Gasteiger partial charge in [0.15, 0.2) is 0 Å². The van der Waals surface area contributed by atoms with Crippen LogP contribution in [-0.2, 0) is 6.54 Å². The molecule has 1 aliphatic rings. The zero-order valence-corrected chi connectivity index (χ0v) is 14.6. The average Bonchev–Trinajstić information content (AvgIpc) is 2.65. The second-order valence-electron chi connectivity index (χ2n) is 6.47. The highest BCUT2D eigenvalue weighted by Crippen LogP contribution is 2.12. The summed E-state index contributed by atoms with van der Waals surface area (Å²) in [6.45, 7) is 5.47. The molecular formula is C20H23F2N3O. The Bertz CT molecular complexity index is 728. The Hall–Kier alpha value is -2.31. The van der Waals surface area contributed by atoms with Crippen LogP contribution in [0.2, 0.25) is 0 Å². The van der Waals surface area contributed by atoms with Crippen molar-refractivity contribution in [3.8, 4) is 0 Å². The van der Waals surface area contributed by atoms with Gasteiger partial charge in [-0.15, -0.1) is 0 Å². The first-order valence-electron chi connectivity index (χ1n) is 8.84. The molecule has 1 saturated heterocycles. The molecule has 0 aromatic heterocycles. The summed E-state index contributed by atoms with van der Waals surface area (Å²) in [5.74, 6) is -0.698. The molecule has 26 heavy (non-hydrogen) atoms. The Morgan fingerprint density at radius 2 is 1.58 bits per heavy atom. The summed E-state index contributed by atoms with van der Waals surface area (Å²) in [5, 5.41) is 2.86. The number of amides is 1. The Kier molecular flexibility index (Phi) is 6.30. The first kappa shape index (κ1) is 18.5.